The molecule has 2 heterocycles. The second-order valence-corrected chi connectivity index (χ2v) is 8.95. The monoisotopic (exact) mass is 406 g/mol. The quantitative estimate of drug-likeness (QED) is 0.652. The first-order chi connectivity index (χ1) is 14.0. The first-order valence-corrected chi connectivity index (χ1v) is 10.0. The zero-order valence-electron chi connectivity index (χ0n) is 18.2. The van der Waals surface area contributed by atoms with Gasteiger partial charge < -0.3 is 10.2 Å². The van der Waals surface area contributed by atoms with Gasteiger partial charge in [-0.15, -0.1) is 0 Å². The molecule has 1 aromatic heterocycles. The standard InChI is InChI=1S/C24H27FN4O/c1-15-7-13-18(14-8-15)26-20-19(16-9-11-17(25)12-10-16)27-21-23(2,3)28(6)22(30)24(4,5)29(20)21/h7-14,26H,1-6H3. The molecule has 0 atom stereocenters. The number of anilines is 2. The number of hydrogen-bond acceptors (Lipinski definition) is 3. The average Bonchev–Trinajstić information content (AvgIpc) is 3.09. The summed E-state index contributed by atoms with van der Waals surface area (Å²) in [5, 5.41) is 3.49. The van der Waals surface area contributed by atoms with Gasteiger partial charge in [-0.25, -0.2) is 9.37 Å². The molecule has 0 fully saturated rings. The highest BCUT2D eigenvalue weighted by Gasteiger charge is 2.50. The SMILES string of the molecule is Cc1ccc(Nc2c(-c3ccc(F)cc3)nc3n2C(C)(C)C(=O)N(C)C3(C)C)cc1. The van der Waals surface area contributed by atoms with Crippen LogP contribution < -0.4 is 5.32 Å². The Kier molecular flexibility index (Phi) is 4.49. The summed E-state index contributed by atoms with van der Waals surface area (Å²) in [5.74, 6) is 1.21. The van der Waals surface area contributed by atoms with Gasteiger partial charge in [0.15, 0.2) is 0 Å². The van der Waals surface area contributed by atoms with Crippen LogP contribution >= 0.6 is 0 Å². The number of nitrogens with zero attached hydrogens (tertiary/aromatic N) is 3. The molecule has 30 heavy (non-hydrogen) atoms. The van der Waals surface area contributed by atoms with Crippen molar-refractivity contribution in [1.82, 2.24) is 14.5 Å². The first-order valence-electron chi connectivity index (χ1n) is 10.0. The number of fused-ring (bicyclic) bond motifs is 1. The van der Waals surface area contributed by atoms with Crippen molar-refractivity contribution in [3.05, 3.63) is 65.7 Å². The summed E-state index contributed by atoms with van der Waals surface area (Å²) in [6.07, 6.45) is 0. The van der Waals surface area contributed by atoms with E-state index >= 15 is 0 Å². The van der Waals surface area contributed by atoms with Crippen LogP contribution in [0.15, 0.2) is 48.5 Å². The van der Waals surface area contributed by atoms with Crippen LogP contribution in [-0.2, 0) is 15.9 Å². The zero-order chi connectivity index (χ0) is 21.8. The molecule has 2 aromatic carbocycles. The number of benzene rings is 2. The molecule has 6 heteroatoms. The Hall–Kier alpha value is -3.15. The minimum Gasteiger partial charge on any atom is -0.340 e. The molecule has 0 aliphatic carbocycles. The molecule has 4 rings (SSSR count). The number of halogens is 1. The summed E-state index contributed by atoms with van der Waals surface area (Å²) >= 11 is 0. The van der Waals surface area contributed by atoms with E-state index in [1.54, 1.807) is 17.0 Å². The van der Waals surface area contributed by atoms with E-state index in [-0.39, 0.29) is 11.7 Å². The molecule has 3 aromatic rings. The van der Waals surface area contributed by atoms with E-state index in [1.807, 2.05) is 70.5 Å². The van der Waals surface area contributed by atoms with E-state index in [0.717, 1.165) is 28.5 Å². The number of likely N-dealkylation sites (N-methyl/N-ethyl adjacent to an activating group) is 1. The Labute approximate surface area is 176 Å². The van der Waals surface area contributed by atoms with E-state index < -0.39 is 11.1 Å². The molecule has 1 N–H and O–H groups in total. The van der Waals surface area contributed by atoms with Crippen molar-refractivity contribution in [2.24, 2.45) is 0 Å². The van der Waals surface area contributed by atoms with Crippen molar-refractivity contribution >= 4 is 17.4 Å². The van der Waals surface area contributed by atoms with Crippen LogP contribution in [-0.4, -0.2) is 27.4 Å². The highest BCUT2D eigenvalue weighted by molar-refractivity contribution is 5.88. The van der Waals surface area contributed by atoms with Crippen LogP contribution in [0.25, 0.3) is 11.3 Å². The van der Waals surface area contributed by atoms with Gasteiger partial charge in [-0.2, -0.15) is 0 Å². The molecule has 1 amide bonds. The molecule has 0 bridgehead atoms. The Morgan fingerprint density at radius 1 is 0.933 bits per heavy atom. The number of aryl methyl sites for hydroxylation is 1. The van der Waals surface area contributed by atoms with Gasteiger partial charge in [0.05, 0.1) is 5.54 Å². The third-order valence-corrected chi connectivity index (χ3v) is 6.08. The fraction of sp³-hybridized carbons (Fsp3) is 0.333. The second-order valence-electron chi connectivity index (χ2n) is 8.95. The van der Waals surface area contributed by atoms with Crippen LogP contribution in [0.3, 0.4) is 0 Å². The maximum Gasteiger partial charge on any atom is 0.248 e. The molecule has 0 radical (unpaired) electrons. The minimum atomic E-state index is -0.835. The largest absolute Gasteiger partial charge is 0.340 e. The predicted molar refractivity (Wildman–Crippen MR) is 117 cm³/mol. The van der Waals surface area contributed by atoms with Crippen LogP contribution in [0.1, 0.15) is 39.1 Å². The van der Waals surface area contributed by atoms with Crippen LogP contribution in [0.5, 0.6) is 0 Å². The fourth-order valence-electron chi connectivity index (χ4n) is 3.98. The van der Waals surface area contributed by atoms with E-state index in [0.29, 0.717) is 5.69 Å². The van der Waals surface area contributed by atoms with Crippen molar-refractivity contribution in [2.75, 3.05) is 12.4 Å². The van der Waals surface area contributed by atoms with Crippen LogP contribution in [0, 0.1) is 12.7 Å². The van der Waals surface area contributed by atoms with E-state index in [9.17, 15) is 9.18 Å². The van der Waals surface area contributed by atoms with Crippen molar-refractivity contribution in [3.63, 3.8) is 0 Å². The maximum atomic E-state index is 13.6. The summed E-state index contributed by atoms with van der Waals surface area (Å²) < 4.78 is 15.6. The van der Waals surface area contributed by atoms with Gasteiger partial charge in [-0.05, 0) is 71.0 Å². The number of imidazole rings is 1. The number of hydrogen-bond donors (Lipinski definition) is 1. The van der Waals surface area contributed by atoms with E-state index in [4.69, 9.17) is 4.98 Å². The third kappa shape index (κ3) is 2.98. The van der Waals surface area contributed by atoms with Crippen molar-refractivity contribution in [1.29, 1.82) is 0 Å². The van der Waals surface area contributed by atoms with E-state index in [1.165, 1.54) is 12.1 Å². The summed E-state index contributed by atoms with van der Waals surface area (Å²) in [5.41, 5.74) is 2.09. The van der Waals surface area contributed by atoms with Crippen LogP contribution in [0.2, 0.25) is 0 Å². The normalized spacial score (nSPS) is 17.0. The number of carbonyl (C=O) groups excluding carboxylic acids is 1. The molecular formula is C24H27FN4O. The summed E-state index contributed by atoms with van der Waals surface area (Å²) in [6.45, 7) is 9.82. The highest BCUT2D eigenvalue weighted by atomic mass is 19.1. The predicted octanol–water partition coefficient (Wildman–Crippen LogP) is 5.18. The second kappa shape index (κ2) is 6.69. The number of aromatic nitrogens is 2. The first kappa shape index (κ1) is 20.1. The summed E-state index contributed by atoms with van der Waals surface area (Å²) in [6, 6.07) is 14.3. The van der Waals surface area contributed by atoms with Gasteiger partial charge in [0.25, 0.3) is 0 Å². The van der Waals surface area contributed by atoms with Crippen molar-refractivity contribution < 1.29 is 9.18 Å². The maximum absolute atomic E-state index is 13.6. The third-order valence-electron chi connectivity index (χ3n) is 6.08. The number of amides is 1. The van der Waals surface area contributed by atoms with Crippen LogP contribution in [0.4, 0.5) is 15.9 Å². The lowest BCUT2D eigenvalue weighted by Gasteiger charge is -2.47. The van der Waals surface area contributed by atoms with Gasteiger partial charge in [0, 0.05) is 18.3 Å². The molecule has 156 valence electrons. The van der Waals surface area contributed by atoms with Gasteiger partial charge in [0.1, 0.15) is 28.7 Å². The minimum absolute atomic E-state index is 0.00927. The molecule has 5 nitrogen and oxygen atoms in total. The average molecular weight is 407 g/mol. The molecule has 1 aliphatic heterocycles. The lowest BCUT2D eigenvalue weighted by atomic mass is 9.91. The summed E-state index contributed by atoms with van der Waals surface area (Å²) in [7, 11) is 1.81. The van der Waals surface area contributed by atoms with Gasteiger partial charge >= 0.3 is 0 Å². The van der Waals surface area contributed by atoms with Crippen molar-refractivity contribution in [3.8, 4) is 11.3 Å². The number of carbonyl (C=O) groups is 1. The smallest absolute Gasteiger partial charge is 0.248 e. The topological polar surface area (TPSA) is 50.2 Å². The summed E-state index contributed by atoms with van der Waals surface area (Å²) in [4.78, 5) is 20.0. The van der Waals surface area contributed by atoms with Gasteiger partial charge in [-0.1, -0.05) is 17.7 Å². The molecule has 0 unspecified atom stereocenters. The highest BCUT2D eigenvalue weighted by Crippen LogP contribution is 2.44. The lowest BCUT2D eigenvalue weighted by Crippen LogP contribution is -2.58. The molecule has 0 saturated heterocycles. The molecule has 0 saturated carbocycles. The Bertz CT molecular complexity index is 1110. The number of nitrogens with one attached hydrogen (secondary N) is 1. The molecular weight excluding hydrogens is 379 g/mol. The molecule has 1 aliphatic rings. The van der Waals surface area contributed by atoms with E-state index in [2.05, 4.69) is 5.32 Å². The van der Waals surface area contributed by atoms with Gasteiger partial charge in [0.2, 0.25) is 5.91 Å². The Balaban J connectivity index is 1.99. The Morgan fingerprint density at radius 3 is 2.13 bits per heavy atom. The molecule has 0 spiro atoms. The fourth-order valence-corrected chi connectivity index (χ4v) is 3.98. The number of rotatable bonds is 3. The van der Waals surface area contributed by atoms with Gasteiger partial charge in [-0.3, -0.25) is 9.36 Å². The zero-order valence-corrected chi connectivity index (χ0v) is 18.2. The van der Waals surface area contributed by atoms with Crippen molar-refractivity contribution in [2.45, 2.75) is 45.7 Å². The Morgan fingerprint density at radius 2 is 1.53 bits per heavy atom. The lowest BCUT2D eigenvalue weighted by molar-refractivity contribution is -0.147.